The van der Waals surface area contributed by atoms with Crippen molar-refractivity contribution in [1.82, 2.24) is 15.8 Å². The van der Waals surface area contributed by atoms with Gasteiger partial charge in [0.25, 0.3) is 0 Å². The van der Waals surface area contributed by atoms with Gasteiger partial charge in [-0.2, -0.15) is 13.2 Å². The normalized spacial score (nSPS) is 26.3. The fourth-order valence-corrected chi connectivity index (χ4v) is 8.50. The number of benzene rings is 1. The van der Waals surface area contributed by atoms with Crippen molar-refractivity contribution in [2.45, 2.75) is 44.3 Å². The summed E-state index contributed by atoms with van der Waals surface area (Å²) in [5.41, 5.74) is 5.78. The van der Waals surface area contributed by atoms with Crippen molar-refractivity contribution in [3.8, 4) is 0 Å². The molecule has 0 spiro atoms. The minimum absolute atomic E-state index is 0.0149. The van der Waals surface area contributed by atoms with Crippen LogP contribution in [0.4, 0.5) is 23.4 Å². The maximum Gasteiger partial charge on any atom is 0.433 e. The second kappa shape index (κ2) is 9.78. The van der Waals surface area contributed by atoms with E-state index in [0.717, 1.165) is 37.3 Å². The molecule has 1 saturated carbocycles. The Morgan fingerprint density at radius 1 is 1.08 bits per heavy atom. The molecular formula is C25H29F4N4O2P. The lowest BCUT2D eigenvalue weighted by atomic mass is 9.72. The summed E-state index contributed by atoms with van der Waals surface area (Å²) in [6.45, 7) is 0.463. The number of nitrogens with one attached hydrogen (secondary N) is 2. The molecule has 2 aliphatic heterocycles. The van der Waals surface area contributed by atoms with E-state index >= 15 is 0 Å². The highest BCUT2D eigenvalue weighted by atomic mass is 31.2. The number of halogens is 4. The highest BCUT2D eigenvalue weighted by Gasteiger charge is 2.40. The molecule has 3 heterocycles. The Bertz CT molecular complexity index is 1180. The van der Waals surface area contributed by atoms with Crippen molar-refractivity contribution in [2.24, 2.45) is 11.8 Å². The molecule has 6 nitrogen and oxygen atoms in total. The minimum Gasteiger partial charge on any atom is -0.356 e. The molecule has 1 aliphatic carbocycles. The van der Waals surface area contributed by atoms with Gasteiger partial charge in [0.1, 0.15) is 24.5 Å². The summed E-state index contributed by atoms with van der Waals surface area (Å²) >= 11 is 0. The molecule has 5 rings (SSSR count). The summed E-state index contributed by atoms with van der Waals surface area (Å²) in [7, 11) is -3.08. The molecule has 0 bridgehead atoms. The molecule has 36 heavy (non-hydrogen) atoms. The predicted molar refractivity (Wildman–Crippen MR) is 129 cm³/mol. The summed E-state index contributed by atoms with van der Waals surface area (Å²) in [6.07, 6.45) is 0.304. The number of aromatic nitrogens is 1. The van der Waals surface area contributed by atoms with Gasteiger partial charge in [-0.25, -0.2) is 14.8 Å². The van der Waals surface area contributed by atoms with Crippen LogP contribution in [0.5, 0.6) is 0 Å². The number of rotatable bonds is 4. The van der Waals surface area contributed by atoms with Crippen LogP contribution in [0, 0.1) is 17.7 Å². The summed E-state index contributed by atoms with van der Waals surface area (Å²) in [5, 5.41) is 0.205. The fraction of sp³-hybridized carbons (Fsp3) is 0.520. The number of amides is 1. The molecule has 3 fully saturated rings. The molecule has 3 aliphatic rings. The molecule has 1 amide bonds. The Labute approximate surface area is 207 Å². The average molecular weight is 524 g/mol. The lowest BCUT2D eigenvalue weighted by Gasteiger charge is -2.41. The Morgan fingerprint density at radius 3 is 2.58 bits per heavy atom. The Morgan fingerprint density at radius 2 is 1.83 bits per heavy atom. The number of pyridine rings is 1. The Balaban J connectivity index is 1.30. The first kappa shape index (κ1) is 25.2. The third-order valence-corrected chi connectivity index (χ3v) is 10.8. The predicted octanol–water partition coefficient (Wildman–Crippen LogP) is 4.10. The number of hydrogen-bond donors (Lipinski definition) is 2. The number of anilines is 1. The maximum absolute atomic E-state index is 14.9. The zero-order valence-electron chi connectivity index (χ0n) is 19.7. The first-order chi connectivity index (χ1) is 17.1. The van der Waals surface area contributed by atoms with Crippen molar-refractivity contribution in [1.29, 1.82) is 0 Å². The van der Waals surface area contributed by atoms with E-state index in [2.05, 4.69) is 15.8 Å². The van der Waals surface area contributed by atoms with Gasteiger partial charge < -0.3 is 9.46 Å². The first-order valence-corrected chi connectivity index (χ1v) is 14.4. The average Bonchev–Trinajstić information content (AvgIpc) is 2.87. The van der Waals surface area contributed by atoms with E-state index in [4.69, 9.17) is 0 Å². The number of hydrogen-bond acceptors (Lipinski definition) is 5. The van der Waals surface area contributed by atoms with Crippen LogP contribution in [0.1, 0.15) is 36.9 Å². The molecule has 1 aromatic carbocycles. The van der Waals surface area contributed by atoms with Crippen LogP contribution in [-0.4, -0.2) is 42.3 Å². The van der Waals surface area contributed by atoms with Gasteiger partial charge >= 0.3 is 6.18 Å². The number of carbonyl (C=O) groups excluding carboxylic acids is 1. The zero-order chi connectivity index (χ0) is 25.5. The quantitative estimate of drug-likeness (QED) is 0.466. The van der Waals surface area contributed by atoms with Crippen molar-refractivity contribution in [3.63, 3.8) is 0 Å². The lowest BCUT2D eigenvalue weighted by molar-refractivity contribution is -0.141. The topological polar surface area (TPSA) is 74.3 Å². The van der Waals surface area contributed by atoms with Gasteiger partial charge in [-0.15, -0.1) is 0 Å². The van der Waals surface area contributed by atoms with Crippen LogP contribution in [0.3, 0.4) is 0 Å². The molecule has 11 heteroatoms. The van der Waals surface area contributed by atoms with Gasteiger partial charge in [-0.05, 0) is 55.0 Å². The van der Waals surface area contributed by atoms with Crippen molar-refractivity contribution >= 4 is 24.2 Å². The molecule has 3 atom stereocenters. The molecule has 1 aromatic heterocycles. The van der Waals surface area contributed by atoms with Gasteiger partial charge in [0.05, 0.1) is 0 Å². The van der Waals surface area contributed by atoms with Crippen LogP contribution in [0.2, 0.25) is 0 Å². The highest BCUT2D eigenvalue weighted by Crippen LogP contribution is 2.48. The summed E-state index contributed by atoms with van der Waals surface area (Å²) in [6, 6.07) is 8.48. The summed E-state index contributed by atoms with van der Waals surface area (Å²) in [5.74, 6) is -0.120. The van der Waals surface area contributed by atoms with E-state index in [-0.39, 0.29) is 60.3 Å². The standard InChI is InChI=1S/C25H29F4N4O2P/c26-19-9-8-16(14-20-17-4-1-2-5-18(17)24(34)32-31-20)15-21(19)36(35)12-10-33(11-13-36)23-7-3-6-22(30-23)25(27,28)29/h3,6-9,15,17-18,20,31H,1-2,4-5,10-14H2,(H,32,34). The fourth-order valence-electron chi connectivity index (χ4n) is 5.80. The molecule has 2 aromatic rings. The van der Waals surface area contributed by atoms with E-state index in [1.165, 1.54) is 18.2 Å². The van der Waals surface area contributed by atoms with E-state index in [1.807, 2.05) is 0 Å². The van der Waals surface area contributed by atoms with Crippen LogP contribution >= 0.6 is 7.14 Å². The molecule has 2 saturated heterocycles. The molecule has 3 unspecified atom stereocenters. The van der Waals surface area contributed by atoms with Crippen molar-refractivity contribution < 1.29 is 26.9 Å². The number of nitrogens with zero attached hydrogens (tertiary/aromatic N) is 2. The van der Waals surface area contributed by atoms with E-state index < -0.39 is 24.8 Å². The van der Waals surface area contributed by atoms with Crippen LogP contribution in [-0.2, 0) is 22.0 Å². The third kappa shape index (κ3) is 5.02. The Hall–Kier alpha value is -2.45. The zero-order valence-corrected chi connectivity index (χ0v) is 20.6. The van der Waals surface area contributed by atoms with Gasteiger partial charge in [0, 0.05) is 42.7 Å². The van der Waals surface area contributed by atoms with E-state index in [9.17, 15) is 26.9 Å². The summed E-state index contributed by atoms with van der Waals surface area (Å²) in [4.78, 5) is 17.6. The van der Waals surface area contributed by atoms with Gasteiger partial charge in [0.2, 0.25) is 5.91 Å². The lowest BCUT2D eigenvalue weighted by Crippen LogP contribution is -2.60. The highest BCUT2D eigenvalue weighted by molar-refractivity contribution is 7.71. The van der Waals surface area contributed by atoms with Crippen molar-refractivity contribution in [3.05, 3.63) is 53.5 Å². The van der Waals surface area contributed by atoms with E-state index in [1.54, 1.807) is 17.0 Å². The van der Waals surface area contributed by atoms with Gasteiger partial charge in [-0.3, -0.25) is 10.2 Å². The number of carbonyl (C=O) groups is 1. The monoisotopic (exact) mass is 524 g/mol. The largest absolute Gasteiger partial charge is 0.433 e. The van der Waals surface area contributed by atoms with E-state index in [0.29, 0.717) is 6.42 Å². The molecule has 0 radical (unpaired) electrons. The molecular weight excluding hydrogens is 495 g/mol. The number of fused-ring (bicyclic) bond motifs is 1. The van der Waals surface area contributed by atoms with Crippen LogP contribution < -0.4 is 21.1 Å². The summed E-state index contributed by atoms with van der Waals surface area (Å²) < 4.78 is 67.9. The first-order valence-electron chi connectivity index (χ1n) is 12.4. The third-order valence-electron chi connectivity index (χ3n) is 7.77. The van der Waals surface area contributed by atoms with Crippen molar-refractivity contribution in [2.75, 3.05) is 30.3 Å². The maximum atomic E-state index is 14.9. The minimum atomic E-state index is -4.54. The van der Waals surface area contributed by atoms with Gasteiger partial charge in [0.15, 0.2) is 0 Å². The second-order valence-electron chi connectivity index (χ2n) is 9.99. The second-order valence-corrected chi connectivity index (χ2v) is 13.1. The molecule has 194 valence electrons. The van der Waals surface area contributed by atoms with Crippen LogP contribution in [0.25, 0.3) is 0 Å². The van der Waals surface area contributed by atoms with Gasteiger partial charge in [-0.1, -0.05) is 25.0 Å². The SMILES string of the molecule is O=C1NNC(Cc2ccc(F)c(P3(=O)CCN(c4cccc(C(F)(F)F)n4)CC3)c2)C2CCCCC12. The Kier molecular flexibility index (Phi) is 6.85. The smallest absolute Gasteiger partial charge is 0.356 e. The number of hydrazine groups is 1. The number of alkyl halides is 3. The van der Waals surface area contributed by atoms with Crippen LogP contribution in [0.15, 0.2) is 36.4 Å². The molecule has 2 N–H and O–H groups in total.